The van der Waals surface area contributed by atoms with Crippen LogP contribution in [0.5, 0.6) is 5.75 Å². The van der Waals surface area contributed by atoms with E-state index in [0.29, 0.717) is 18.6 Å². The Bertz CT molecular complexity index is 357. The minimum Gasteiger partial charge on any atom is -0.494 e. The second-order valence-electron chi connectivity index (χ2n) is 2.61. The van der Waals surface area contributed by atoms with Crippen LogP contribution in [0.4, 0.5) is 0 Å². The van der Waals surface area contributed by atoms with Gasteiger partial charge in [0.05, 0.1) is 12.2 Å². The summed E-state index contributed by atoms with van der Waals surface area (Å²) in [6.45, 7) is 2.29. The molecule has 0 atom stereocenters. The largest absolute Gasteiger partial charge is 0.494 e. The second kappa shape index (κ2) is 4.41. The smallest absolute Gasteiger partial charge is 0.336 e. The summed E-state index contributed by atoms with van der Waals surface area (Å²) < 4.78 is 5.13. The number of hydrogen-bond acceptors (Lipinski definition) is 3. The third-order valence-corrected chi connectivity index (χ3v) is 1.69. The first-order chi connectivity index (χ1) is 6.69. The lowest BCUT2D eigenvalue weighted by Gasteiger charge is -2.04. The number of ether oxygens (including phenoxy) is 1. The van der Waals surface area contributed by atoms with Crippen LogP contribution in [-0.4, -0.2) is 24.0 Å². The highest BCUT2D eigenvalue weighted by Crippen LogP contribution is 2.16. The molecule has 0 aromatic heterocycles. The Hall–Kier alpha value is -1.84. The van der Waals surface area contributed by atoms with Crippen molar-refractivity contribution in [1.82, 2.24) is 0 Å². The molecule has 74 valence electrons. The van der Waals surface area contributed by atoms with Crippen molar-refractivity contribution >= 4 is 12.3 Å². The molecule has 0 amide bonds. The van der Waals surface area contributed by atoms with Gasteiger partial charge in [-0.3, -0.25) is 4.79 Å². The molecule has 0 saturated carbocycles. The summed E-state index contributed by atoms with van der Waals surface area (Å²) in [7, 11) is 0. The van der Waals surface area contributed by atoms with Gasteiger partial charge in [-0.15, -0.1) is 0 Å². The highest BCUT2D eigenvalue weighted by Gasteiger charge is 2.09. The van der Waals surface area contributed by atoms with Gasteiger partial charge in [0.2, 0.25) is 0 Å². The molecule has 14 heavy (non-hydrogen) atoms. The number of carbonyl (C=O) groups excluding carboxylic acids is 1. The average Bonchev–Trinajstić information content (AvgIpc) is 2.17. The van der Waals surface area contributed by atoms with Crippen molar-refractivity contribution < 1.29 is 19.4 Å². The number of carboxylic acid groups (broad SMARTS) is 1. The van der Waals surface area contributed by atoms with Crippen LogP contribution < -0.4 is 4.74 Å². The van der Waals surface area contributed by atoms with Gasteiger partial charge >= 0.3 is 5.97 Å². The van der Waals surface area contributed by atoms with Crippen molar-refractivity contribution in [1.29, 1.82) is 0 Å². The van der Waals surface area contributed by atoms with E-state index in [-0.39, 0.29) is 11.1 Å². The van der Waals surface area contributed by atoms with E-state index in [0.717, 1.165) is 0 Å². The predicted molar refractivity (Wildman–Crippen MR) is 50.0 cm³/mol. The Morgan fingerprint density at radius 3 is 2.79 bits per heavy atom. The first-order valence-electron chi connectivity index (χ1n) is 4.14. The molecule has 4 heteroatoms. The highest BCUT2D eigenvalue weighted by atomic mass is 16.5. The Morgan fingerprint density at radius 2 is 2.29 bits per heavy atom. The zero-order valence-electron chi connectivity index (χ0n) is 7.69. The molecule has 0 heterocycles. The fraction of sp³-hybridized carbons (Fsp3) is 0.200. The molecule has 4 nitrogen and oxygen atoms in total. The molecular weight excluding hydrogens is 184 g/mol. The van der Waals surface area contributed by atoms with Gasteiger partial charge in [0.1, 0.15) is 5.75 Å². The van der Waals surface area contributed by atoms with Gasteiger partial charge in [-0.1, -0.05) is 0 Å². The molecule has 0 aliphatic heterocycles. The SMILES string of the molecule is CCOc1ccc(C(=O)O)c(C=O)c1. The number of hydrogen-bond donors (Lipinski definition) is 1. The maximum atomic E-state index is 10.7. The first-order valence-corrected chi connectivity index (χ1v) is 4.14. The normalized spacial score (nSPS) is 9.50. The maximum absolute atomic E-state index is 10.7. The van der Waals surface area contributed by atoms with Crippen molar-refractivity contribution in [2.24, 2.45) is 0 Å². The fourth-order valence-electron chi connectivity index (χ4n) is 1.09. The molecule has 0 spiro atoms. The van der Waals surface area contributed by atoms with Crippen LogP contribution in [-0.2, 0) is 0 Å². The molecule has 0 unspecified atom stereocenters. The van der Waals surface area contributed by atoms with E-state index in [9.17, 15) is 9.59 Å². The Balaban J connectivity index is 3.11. The van der Waals surface area contributed by atoms with Crippen molar-refractivity contribution in [2.75, 3.05) is 6.61 Å². The standard InChI is InChI=1S/C10H10O4/c1-2-14-8-3-4-9(10(12)13)7(5-8)6-11/h3-6H,2H2,1H3,(H,12,13). The molecular formula is C10H10O4. The third-order valence-electron chi connectivity index (χ3n) is 1.69. The van der Waals surface area contributed by atoms with E-state index in [1.54, 1.807) is 0 Å². The van der Waals surface area contributed by atoms with Crippen LogP contribution in [0.3, 0.4) is 0 Å². The van der Waals surface area contributed by atoms with Crippen molar-refractivity contribution in [3.05, 3.63) is 29.3 Å². The van der Waals surface area contributed by atoms with Crippen LogP contribution in [0.15, 0.2) is 18.2 Å². The summed E-state index contributed by atoms with van der Waals surface area (Å²) in [5.74, 6) is -0.616. The molecule has 1 aromatic rings. The van der Waals surface area contributed by atoms with Crippen LogP contribution in [0.1, 0.15) is 27.6 Å². The molecule has 1 N–H and O–H groups in total. The van der Waals surface area contributed by atoms with E-state index in [1.165, 1.54) is 18.2 Å². The zero-order chi connectivity index (χ0) is 10.6. The number of benzene rings is 1. The van der Waals surface area contributed by atoms with Gasteiger partial charge in [-0.05, 0) is 25.1 Å². The number of rotatable bonds is 4. The lowest BCUT2D eigenvalue weighted by Crippen LogP contribution is -2.02. The monoisotopic (exact) mass is 194 g/mol. The topological polar surface area (TPSA) is 63.6 Å². The van der Waals surface area contributed by atoms with Gasteiger partial charge in [-0.25, -0.2) is 4.79 Å². The number of carbonyl (C=O) groups is 2. The fourth-order valence-corrected chi connectivity index (χ4v) is 1.09. The Morgan fingerprint density at radius 1 is 1.57 bits per heavy atom. The van der Waals surface area contributed by atoms with Crippen LogP contribution in [0, 0.1) is 0 Å². The van der Waals surface area contributed by atoms with Crippen LogP contribution in [0.25, 0.3) is 0 Å². The van der Waals surface area contributed by atoms with E-state index in [4.69, 9.17) is 9.84 Å². The molecule has 0 fully saturated rings. The van der Waals surface area contributed by atoms with Crippen molar-refractivity contribution in [2.45, 2.75) is 6.92 Å². The van der Waals surface area contributed by atoms with E-state index in [2.05, 4.69) is 0 Å². The quantitative estimate of drug-likeness (QED) is 0.739. The number of aldehydes is 1. The summed E-state index contributed by atoms with van der Waals surface area (Å²) in [4.78, 5) is 21.2. The molecule has 0 aliphatic carbocycles. The van der Waals surface area contributed by atoms with E-state index in [1.807, 2.05) is 6.92 Å². The van der Waals surface area contributed by atoms with Crippen molar-refractivity contribution in [3.8, 4) is 5.75 Å². The van der Waals surface area contributed by atoms with E-state index < -0.39 is 5.97 Å². The minimum absolute atomic E-state index is 0.0107. The highest BCUT2D eigenvalue weighted by molar-refractivity contribution is 5.97. The Kier molecular flexibility index (Phi) is 3.23. The molecule has 0 bridgehead atoms. The lowest BCUT2D eigenvalue weighted by atomic mass is 10.1. The van der Waals surface area contributed by atoms with Crippen LogP contribution >= 0.6 is 0 Å². The molecule has 0 saturated heterocycles. The summed E-state index contributed by atoms with van der Waals surface area (Å²) in [5, 5.41) is 8.72. The van der Waals surface area contributed by atoms with Crippen molar-refractivity contribution in [3.63, 3.8) is 0 Å². The first kappa shape index (κ1) is 10.2. The second-order valence-corrected chi connectivity index (χ2v) is 2.61. The van der Waals surface area contributed by atoms with Gasteiger partial charge in [-0.2, -0.15) is 0 Å². The van der Waals surface area contributed by atoms with Gasteiger partial charge in [0.25, 0.3) is 0 Å². The third kappa shape index (κ3) is 2.10. The summed E-state index contributed by atoms with van der Waals surface area (Å²) in [6, 6.07) is 4.30. The zero-order valence-corrected chi connectivity index (χ0v) is 7.69. The maximum Gasteiger partial charge on any atom is 0.336 e. The number of aromatic carboxylic acids is 1. The lowest BCUT2D eigenvalue weighted by molar-refractivity contribution is 0.0694. The average molecular weight is 194 g/mol. The molecule has 1 rings (SSSR count). The van der Waals surface area contributed by atoms with E-state index >= 15 is 0 Å². The molecule has 1 aromatic carbocycles. The van der Waals surface area contributed by atoms with Gasteiger partial charge in [0.15, 0.2) is 6.29 Å². The Labute approximate surface area is 81.1 Å². The summed E-state index contributed by atoms with van der Waals surface area (Å²) in [6.07, 6.45) is 0.506. The predicted octanol–water partition coefficient (Wildman–Crippen LogP) is 1.60. The van der Waals surface area contributed by atoms with Crippen LogP contribution in [0.2, 0.25) is 0 Å². The summed E-state index contributed by atoms with van der Waals surface area (Å²) >= 11 is 0. The minimum atomic E-state index is -1.12. The molecule has 0 radical (unpaired) electrons. The summed E-state index contributed by atoms with van der Waals surface area (Å²) in [5.41, 5.74) is 0.118. The number of carboxylic acids is 1. The van der Waals surface area contributed by atoms with Gasteiger partial charge in [0, 0.05) is 5.56 Å². The van der Waals surface area contributed by atoms with Gasteiger partial charge < -0.3 is 9.84 Å². The molecule has 0 aliphatic rings.